The Labute approximate surface area is 93.9 Å². The highest BCUT2D eigenvalue weighted by atomic mass is 32.2. The molecule has 0 saturated carbocycles. The molecule has 0 radical (unpaired) electrons. The van der Waals surface area contributed by atoms with Crippen molar-refractivity contribution in [1.82, 2.24) is 4.98 Å². The van der Waals surface area contributed by atoms with E-state index < -0.39 is 21.4 Å². The van der Waals surface area contributed by atoms with E-state index in [0.29, 0.717) is 5.56 Å². The molecular weight excluding hydrogens is 231 g/mol. The van der Waals surface area contributed by atoms with Gasteiger partial charge in [-0.25, -0.2) is 12.8 Å². The first-order valence-electron chi connectivity index (χ1n) is 4.65. The minimum absolute atomic E-state index is 0.0205. The molecule has 1 rings (SSSR count). The zero-order chi connectivity index (χ0) is 12.2. The maximum Gasteiger partial charge on any atom is 0.186 e. The summed E-state index contributed by atoms with van der Waals surface area (Å²) in [5, 5.41) is 0. The molecule has 0 aromatic carbocycles. The first-order valence-corrected chi connectivity index (χ1v) is 6.30. The second-order valence-electron chi connectivity index (χ2n) is 3.29. The molecule has 0 amide bonds. The van der Waals surface area contributed by atoms with Gasteiger partial charge in [0.15, 0.2) is 9.84 Å². The van der Waals surface area contributed by atoms with Gasteiger partial charge in [0.25, 0.3) is 0 Å². The number of nitrogens with two attached hydrogens (primary N) is 1. The van der Waals surface area contributed by atoms with Gasteiger partial charge in [-0.2, -0.15) is 0 Å². The molecule has 0 aliphatic rings. The van der Waals surface area contributed by atoms with E-state index in [4.69, 9.17) is 5.73 Å². The Bertz CT molecular complexity index is 497. The number of aryl methyl sites for hydroxylation is 1. The van der Waals surface area contributed by atoms with Crippen LogP contribution in [0, 0.1) is 6.92 Å². The van der Waals surface area contributed by atoms with Crippen LogP contribution in [0.3, 0.4) is 0 Å². The minimum Gasteiger partial charge on any atom is -0.327 e. The number of aromatic nitrogens is 1. The third-order valence-electron chi connectivity index (χ3n) is 1.99. The largest absolute Gasteiger partial charge is 0.327 e. The fraction of sp³-hybridized carbons (Fsp3) is 0.300. The van der Waals surface area contributed by atoms with Crippen LogP contribution < -0.4 is 5.73 Å². The summed E-state index contributed by atoms with van der Waals surface area (Å²) >= 11 is 0. The fourth-order valence-corrected chi connectivity index (χ4v) is 2.64. The highest BCUT2D eigenvalue weighted by Crippen LogP contribution is 2.17. The Hall–Kier alpha value is -1.27. The van der Waals surface area contributed by atoms with Crippen LogP contribution in [-0.4, -0.2) is 25.7 Å². The topological polar surface area (TPSA) is 73.0 Å². The summed E-state index contributed by atoms with van der Waals surface area (Å²) in [6.45, 7) is 1.62. The van der Waals surface area contributed by atoms with Gasteiger partial charge in [0.05, 0.1) is 4.90 Å². The van der Waals surface area contributed by atoms with Gasteiger partial charge in [0, 0.05) is 18.9 Å². The van der Waals surface area contributed by atoms with Crippen LogP contribution >= 0.6 is 0 Å². The van der Waals surface area contributed by atoms with E-state index in [1.165, 1.54) is 12.4 Å². The molecule has 0 unspecified atom stereocenters. The van der Waals surface area contributed by atoms with E-state index in [1.807, 2.05) is 0 Å². The quantitative estimate of drug-likeness (QED) is 0.856. The molecule has 2 N–H and O–H groups in total. The second-order valence-corrected chi connectivity index (χ2v) is 5.24. The average Bonchev–Trinajstić information content (AvgIpc) is 2.17. The number of hydrogen-bond donors (Lipinski definition) is 1. The number of nitrogens with zero attached hydrogens (tertiary/aromatic N) is 1. The lowest BCUT2D eigenvalue weighted by Crippen LogP contribution is -2.10. The average molecular weight is 244 g/mol. The van der Waals surface area contributed by atoms with Crippen molar-refractivity contribution >= 4 is 9.84 Å². The lowest BCUT2D eigenvalue weighted by molar-refractivity contribution is 0.582. The fourth-order valence-electron chi connectivity index (χ4n) is 1.22. The molecule has 0 saturated heterocycles. The van der Waals surface area contributed by atoms with Gasteiger partial charge in [-0.1, -0.05) is 0 Å². The molecule has 1 aromatic heterocycles. The van der Waals surface area contributed by atoms with Crippen molar-refractivity contribution in [1.29, 1.82) is 0 Å². The second kappa shape index (κ2) is 5.18. The predicted molar refractivity (Wildman–Crippen MR) is 59.3 cm³/mol. The number of pyridine rings is 1. The Morgan fingerprint density at radius 2 is 2.31 bits per heavy atom. The minimum atomic E-state index is -3.67. The van der Waals surface area contributed by atoms with Crippen molar-refractivity contribution in [3.63, 3.8) is 0 Å². The third-order valence-corrected chi connectivity index (χ3v) is 3.75. The number of sulfone groups is 1. The normalized spacial score (nSPS) is 12.8. The molecule has 0 aliphatic carbocycles. The zero-order valence-electron chi connectivity index (χ0n) is 8.85. The van der Waals surface area contributed by atoms with Crippen molar-refractivity contribution in [2.45, 2.75) is 11.8 Å². The van der Waals surface area contributed by atoms with Crippen LogP contribution in [-0.2, 0) is 9.84 Å². The molecule has 88 valence electrons. The summed E-state index contributed by atoms with van der Waals surface area (Å²) < 4.78 is 36.7. The molecule has 0 atom stereocenters. The van der Waals surface area contributed by atoms with Crippen molar-refractivity contribution < 1.29 is 12.8 Å². The van der Waals surface area contributed by atoms with Gasteiger partial charge in [-0.15, -0.1) is 0 Å². The number of halogens is 1. The molecule has 0 fully saturated rings. The Balaban J connectivity index is 3.04. The molecule has 16 heavy (non-hydrogen) atoms. The molecule has 1 aromatic rings. The van der Waals surface area contributed by atoms with Gasteiger partial charge in [-0.3, -0.25) is 4.98 Å². The van der Waals surface area contributed by atoms with Gasteiger partial charge in [0.1, 0.15) is 11.6 Å². The standard InChI is InChI=1S/C10H13FN2O2S/c1-8-3-5-13-6-10(8)16(14,15)7-9(11)2-4-12/h2-3,5-6H,4,7,12H2,1H3/b9-2-. The molecule has 4 nitrogen and oxygen atoms in total. The van der Waals surface area contributed by atoms with Crippen molar-refractivity contribution in [3.8, 4) is 0 Å². The van der Waals surface area contributed by atoms with E-state index >= 15 is 0 Å². The van der Waals surface area contributed by atoms with E-state index in [1.54, 1.807) is 13.0 Å². The number of hydrogen-bond acceptors (Lipinski definition) is 4. The highest BCUT2D eigenvalue weighted by Gasteiger charge is 2.19. The first-order chi connectivity index (χ1) is 7.47. The summed E-state index contributed by atoms with van der Waals surface area (Å²) in [6, 6.07) is 1.57. The highest BCUT2D eigenvalue weighted by molar-refractivity contribution is 7.91. The van der Waals surface area contributed by atoms with Crippen LogP contribution in [0.2, 0.25) is 0 Å². The van der Waals surface area contributed by atoms with Gasteiger partial charge in [-0.05, 0) is 24.6 Å². The van der Waals surface area contributed by atoms with Crippen molar-refractivity contribution in [3.05, 3.63) is 35.9 Å². The van der Waals surface area contributed by atoms with Gasteiger partial charge >= 0.3 is 0 Å². The summed E-state index contributed by atoms with van der Waals surface area (Å²) in [6.07, 6.45) is 3.75. The maximum atomic E-state index is 13.1. The van der Waals surface area contributed by atoms with Crippen LogP contribution in [0.4, 0.5) is 4.39 Å². The SMILES string of the molecule is Cc1ccncc1S(=O)(=O)C/C(F)=C/CN. The van der Waals surface area contributed by atoms with E-state index in [9.17, 15) is 12.8 Å². The lowest BCUT2D eigenvalue weighted by atomic mass is 10.3. The van der Waals surface area contributed by atoms with Crippen LogP contribution in [0.25, 0.3) is 0 Å². The summed E-state index contributed by atoms with van der Waals surface area (Å²) in [7, 11) is -3.67. The molecule has 0 bridgehead atoms. The molecule has 0 spiro atoms. The Morgan fingerprint density at radius 1 is 1.62 bits per heavy atom. The molecule has 0 aliphatic heterocycles. The third kappa shape index (κ3) is 3.11. The van der Waals surface area contributed by atoms with Gasteiger partial charge < -0.3 is 5.73 Å². The molecule has 6 heteroatoms. The van der Waals surface area contributed by atoms with Crippen LogP contribution in [0.5, 0.6) is 0 Å². The Kier molecular flexibility index (Phi) is 4.14. The molecular formula is C10H13FN2O2S. The maximum absolute atomic E-state index is 13.1. The number of rotatable bonds is 4. The Morgan fingerprint density at radius 3 is 2.88 bits per heavy atom. The monoisotopic (exact) mass is 244 g/mol. The van der Waals surface area contributed by atoms with Gasteiger partial charge in [0.2, 0.25) is 0 Å². The molecule has 1 heterocycles. The van der Waals surface area contributed by atoms with E-state index in [-0.39, 0.29) is 11.4 Å². The van der Waals surface area contributed by atoms with Crippen LogP contribution in [0.15, 0.2) is 35.3 Å². The lowest BCUT2D eigenvalue weighted by Gasteiger charge is -2.05. The first kappa shape index (κ1) is 12.8. The zero-order valence-corrected chi connectivity index (χ0v) is 9.67. The smallest absolute Gasteiger partial charge is 0.186 e. The van der Waals surface area contributed by atoms with E-state index in [0.717, 1.165) is 6.08 Å². The van der Waals surface area contributed by atoms with Crippen LogP contribution in [0.1, 0.15) is 5.56 Å². The van der Waals surface area contributed by atoms with Crippen molar-refractivity contribution in [2.75, 3.05) is 12.3 Å². The predicted octanol–water partition coefficient (Wildman–Crippen LogP) is 0.976. The summed E-state index contributed by atoms with van der Waals surface area (Å²) in [5.74, 6) is -1.41. The summed E-state index contributed by atoms with van der Waals surface area (Å²) in [5.41, 5.74) is 5.64. The van der Waals surface area contributed by atoms with E-state index in [2.05, 4.69) is 4.98 Å². The van der Waals surface area contributed by atoms with Crippen molar-refractivity contribution in [2.24, 2.45) is 5.73 Å². The summed E-state index contributed by atoms with van der Waals surface area (Å²) in [4.78, 5) is 3.77.